The Labute approximate surface area is 80.1 Å². The molecule has 1 aromatic rings. The number of halogens is 1. The molecule has 2 rings (SSSR count). The summed E-state index contributed by atoms with van der Waals surface area (Å²) < 4.78 is 6.19. The van der Waals surface area contributed by atoms with Crippen molar-refractivity contribution in [3.05, 3.63) is 28.7 Å². The van der Waals surface area contributed by atoms with Crippen molar-refractivity contribution in [3.63, 3.8) is 0 Å². The fourth-order valence-corrected chi connectivity index (χ4v) is 1.25. The van der Waals surface area contributed by atoms with E-state index in [0.717, 1.165) is 23.3 Å². The van der Waals surface area contributed by atoms with Gasteiger partial charge in [0, 0.05) is 16.7 Å². The average Bonchev–Trinajstić information content (AvgIpc) is 2.87. The lowest BCUT2D eigenvalue weighted by atomic mass is 10.3. The topological polar surface area (TPSA) is 24.6 Å². The number of epoxide rings is 1. The second-order valence-electron chi connectivity index (χ2n) is 2.84. The number of benzene rings is 1. The molecule has 1 aliphatic heterocycles. The molecule has 0 aliphatic carbocycles. The molecule has 3 heteroatoms. The number of hydrogen-bond donors (Lipinski definition) is 1. The first-order chi connectivity index (χ1) is 5.84. The highest BCUT2D eigenvalue weighted by atomic mass is 79.9. The molecule has 1 unspecified atom stereocenters. The standard InChI is InChI=1S/C9H10BrNO/c10-7-1-3-8(4-2-7)11-5-9-6-12-9/h1-4,9,11H,5-6H2. The molecule has 1 fully saturated rings. The summed E-state index contributed by atoms with van der Waals surface area (Å²) in [4.78, 5) is 0. The number of ether oxygens (including phenoxy) is 1. The lowest BCUT2D eigenvalue weighted by Gasteiger charge is -2.02. The van der Waals surface area contributed by atoms with Crippen molar-refractivity contribution in [2.24, 2.45) is 0 Å². The Kier molecular flexibility index (Phi) is 2.33. The van der Waals surface area contributed by atoms with Crippen LogP contribution in [-0.4, -0.2) is 19.3 Å². The van der Waals surface area contributed by atoms with Gasteiger partial charge in [-0.15, -0.1) is 0 Å². The highest BCUT2D eigenvalue weighted by molar-refractivity contribution is 9.10. The first-order valence-corrected chi connectivity index (χ1v) is 4.75. The number of anilines is 1. The van der Waals surface area contributed by atoms with Gasteiger partial charge < -0.3 is 10.1 Å². The highest BCUT2D eigenvalue weighted by Crippen LogP contribution is 2.15. The van der Waals surface area contributed by atoms with Gasteiger partial charge in [-0.05, 0) is 24.3 Å². The molecule has 1 atom stereocenters. The van der Waals surface area contributed by atoms with Crippen LogP contribution in [0.5, 0.6) is 0 Å². The van der Waals surface area contributed by atoms with E-state index in [-0.39, 0.29) is 0 Å². The molecule has 0 saturated carbocycles. The molecule has 1 saturated heterocycles. The molecule has 0 radical (unpaired) electrons. The summed E-state index contributed by atoms with van der Waals surface area (Å²) in [5, 5.41) is 3.29. The predicted molar refractivity (Wildman–Crippen MR) is 52.4 cm³/mol. The minimum Gasteiger partial charge on any atom is -0.382 e. The summed E-state index contributed by atoms with van der Waals surface area (Å²) in [6, 6.07) is 8.14. The Morgan fingerprint density at radius 1 is 1.42 bits per heavy atom. The van der Waals surface area contributed by atoms with Crippen molar-refractivity contribution in [1.82, 2.24) is 0 Å². The maximum absolute atomic E-state index is 5.08. The van der Waals surface area contributed by atoms with Crippen molar-refractivity contribution in [2.75, 3.05) is 18.5 Å². The molecule has 1 aromatic carbocycles. The first-order valence-electron chi connectivity index (χ1n) is 3.95. The van der Waals surface area contributed by atoms with Gasteiger partial charge in [0.25, 0.3) is 0 Å². The second kappa shape index (κ2) is 3.46. The van der Waals surface area contributed by atoms with Crippen LogP contribution in [-0.2, 0) is 4.74 Å². The minimum absolute atomic E-state index is 0.439. The van der Waals surface area contributed by atoms with E-state index in [1.807, 2.05) is 24.3 Å². The van der Waals surface area contributed by atoms with Crippen molar-refractivity contribution < 1.29 is 4.74 Å². The third-order valence-corrected chi connectivity index (χ3v) is 2.31. The molecular weight excluding hydrogens is 218 g/mol. The number of nitrogens with one attached hydrogen (secondary N) is 1. The molecule has 1 aliphatic rings. The van der Waals surface area contributed by atoms with Gasteiger partial charge in [0.1, 0.15) is 0 Å². The van der Waals surface area contributed by atoms with E-state index >= 15 is 0 Å². The van der Waals surface area contributed by atoms with Crippen LogP contribution in [0.25, 0.3) is 0 Å². The van der Waals surface area contributed by atoms with E-state index in [1.54, 1.807) is 0 Å². The van der Waals surface area contributed by atoms with Crippen LogP contribution in [0.15, 0.2) is 28.7 Å². The normalized spacial score (nSPS) is 20.6. The van der Waals surface area contributed by atoms with Gasteiger partial charge in [0.05, 0.1) is 12.7 Å². The minimum atomic E-state index is 0.439. The van der Waals surface area contributed by atoms with Gasteiger partial charge in [-0.2, -0.15) is 0 Å². The van der Waals surface area contributed by atoms with Crippen LogP contribution in [0.4, 0.5) is 5.69 Å². The van der Waals surface area contributed by atoms with Crippen LogP contribution in [0.1, 0.15) is 0 Å². The van der Waals surface area contributed by atoms with E-state index in [9.17, 15) is 0 Å². The van der Waals surface area contributed by atoms with Crippen molar-refractivity contribution in [3.8, 4) is 0 Å². The third-order valence-electron chi connectivity index (χ3n) is 1.78. The molecule has 0 aromatic heterocycles. The van der Waals surface area contributed by atoms with Gasteiger partial charge >= 0.3 is 0 Å². The maximum Gasteiger partial charge on any atom is 0.0981 e. The van der Waals surface area contributed by atoms with Crippen LogP contribution >= 0.6 is 15.9 Å². The third kappa shape index (κ3) is 2.22. The van der Waals surface area contributed by atoms with Crippen LogP contribution in [0, 0.1) is 0 Å². The van der Waals surface area contributed by atoms with E-state index < -0.39 is 0 Å². The Balaban J connectivity index is 1.89. The zero-order valence-corrected chi connectivity index (χ0v) is 8.17. The molecule has 12 heavy (non-hydrogen) atoms. The largest absolute Gasteiger partial charge is 0.382 e. The first kappa shape index (κ1) is 8.08. The van der Waals surface area contributed by atoms with Gasteiger partial charge in [0.15, 0.2) is 0 Å². The zero-order valence-electron chi connectivity index (χ0n) is 6.59. The second-order valence-corrected chi connectivity index (χ2v) is 3.76. The molecule has 0 spiro atoms. The van der Waals surface area contributed by atoms with Gasteiger partial charge in [0.2, 0.25) is 0 Å². The summed E-state index contributed by atoms with van der Waals surface area (Å²) in [5.41, 5.74) is 1.15. The van der Waals surface area contributed by atoms with Crippen molar-refractivity contribution in [1.29, 1.82) is 0 Å². The van der Waals surface area contributed by atoms with E-state index in [2.05, 4.69) is 21.2 Å². The molecule has 2 nitrogen and oxygen atoms in total. The van der Waals surface area contributed by atoms with E-state index in [1.165, 1.54) is 0 Å². The summed E-state index contributed by atoms with van der Waals surface area (Å²) >= 11 is 3.39. The Morgan fingerprint density at radius 3 is 2.67 bits per heavy atom. The zero-order chi connectivity index (χ0) is 8.39. The average molecular weight is 228 g/mol. The molecule has 1 heterocycles. The highest BCUT2D eigenvalue weighted by Gasteiger charge is 2.21. The van der Waals surface area contributed by atoms with Gasteiger partial charge in [-0.25, -0.2) is 0 Å². The van der Waals surface area contributed by atoms with Crippen molar-refractivity contribution >= 4 is 21.6 Å². The summed E-state index contributed by atoms with van der Waals surface area (Å²) in [5.74, 6) is 0. The van der Waals surface area contributed by atoms with E-state index in [4.69, 9.17) is 4.74 Å². The lowest BCUT2D eigenvalue weighted by Crippen LogP contribution is -2.07. The molecule has 1 N–H and O–H groups in total. The SMILES string of the molecule is Brc1ccc(NCC2CO2)cc1. The number of hydrogen-bond acceptors (Lipinski definition) is 2. The summed E-state index contributed by atoms with van der Waals surface area (Å²) in [7, 11) is 0. The van der Waals surface area contributed by atoms with Crippen LogP contribution < -0.4 is 5.32 Å². The molecule has 0 amide bonds. The number of rotatable bonds is 3. The fourth-order valence-electron chi connectivity index (χ4n) is 0.985. The van der Waals surface area contributed by atoms with E-state index in [0.29, 0.717) is 6.10 Å². The van der Waals surface area contributed by atoms with Crippen LogP contribution in [0.3, 0.4) is 0 Å². The smallest absolute Gasteiger partial charge is 0.0981 e. The van der Waals surface area contributed by atoms with Crippen LogP contribution in [0.2, 0.25) is 0 Å². The van der Waals surface area contributed by atoms with Crippen molar-refractivity contribution in [2.45, 2.75) is 6.10 Å². The summed E-state index contributed by atoms with van der Waals surface area (Å²) in [6.45, 7) is 1.82. The van der Waals surface area contributed by atoms with Gasteiger partial charge in [-0.3, -0.25) is 0 Å². The summed E-state index contributed by atoms with van der Waals surface area (Å²) in [6.07, 6.45) is 0.439. The molecule has 0 bridgehead atoms. The fraction of sp³-hybridized carbons (Fsp3) is 0.333. The predicted octanol–water partition coefficient (Wildman–Crippen LogP) is 2.26. The molecular formula is C9H10BrNO. The Bertz CT molecular complexity index is 256. The Morgan fingerprint density at radius 2 is 2.08 bits per heavy atom. The lowest BCUT2D eigenvalue weighted by molar-refractivity contribution is 0.417. The maximum atomic E-state index is 5.08. The Hall–Kier alpha value is -0.540. The monoisotopic (exact) mass is 227 g/mol. The molecule has 64 valence electrons. The van der Waals surface area contributed by atoms with Gasteiger partial charge in [-0.1, -0.05) is 15.9 Å². The quantitative estimate of drug-likeness (QED) is 0.802.